The van der Waals surface area contributed by atoms with E-state index in [2.05, 4.69) is 72.2 Å². The summed E-state index contributed by atoms with van der Waals surface area (Å²) in [7, 11) is 4.14. The normalized spacial score (nSPS) is 18.0. The summed E-state index contributed by atoms with van der Waals surface area (Å²) in [6.45, 7) is 2.81. The lowest BCUT2D eigenvalue weighted by atomic mass is 9.86. The standard InChI is InChI=1S/C27H35N5O/c1-4-20-9-5-7-11-23(20)31-27(33)28-18-19-13-15-21(16-14-19)29-26-17-25(32(2)3)22-10-6-8-12-24(22)30-26/h5-12,17,19,21H,4,13-16,18H2,1-3H3,(H,29,30)(H2,28,31,33). The van der Waals surface area contributed by atoms with Gasteiger partial charge in [-0.1, -0.05) is 43.3 Å². The van der Waals surface area contributed by atoms with E-state index in [-0.39, 0.29) is 6.03 Å². The molecule has 2 amide bonds. The number of nitrogens with zero attached hydrogens (tertiary/aromatic N) is 2. The summed E-state index contributed by atoms with van der Waals surface area (Å²) in [4.78, 5) is 19.4. The van der Waals surface area contributed by atoms with Crippen LogP contribution in [0.1, 0.15) is 38.2 Å². The molecule has 0 spiro atoms. The molecule has 4 rings (SSSR count). The smallest absolute Gasteiger partial charge is 0.319 e. The van der Waals surface area contributed by atoms with Crippen molar-refractivity contribution in [3.63, 3.8) is 0 Å². The second-order valence-corrected chi connectivity index (χ2v) is 9.15. The third-order valence-electron chi connectivity index (χ3n) is 6.57. The van der Waals surface area contributed by atoms with Crippen molar-refractivity contribution in [2.45, 2.75) is 45.1 Å². The van der Waals surface area contributed by atoms with Gasteiger partial charge in [-0.2, -0.15) is 0 Å². The van der Waals surface area contributed by atoms with Crippen LogP contribution < -0.4 is 20.9 Å². The summed E-state index contributed by atoms with van der Waals surface area (Å²) in [5.41, 5.74) is 4.24. The largest absolute Gasteiger partial charge is 0.377 e. The molecule has 0 unspecified atom stereocenters. The van der Waals surface area contributed by atoms with Crippen LogP contribution in [0.25, 0.3) is 10.9 Å². The lowest BCUT2D eigenvalue weighted by Gasteiger charge is -2.30. The number of rotatable bonds is 7. The second kappa shape index (κ2) is 10.6. The maximum Gasteiger partial charge on any atom is 0.319 e. The number of amides is 2. The monoisotopic (exact) mass is 445 g/mol. The van der Waals surface area contributed by atoms with E-state index in [4.69, 9.17) is 4.98 Å². The Morgan fingerprint density at radius 3 is 2.52 bits per heavy atom. The van der Waals surface area contributed by atoms with Crippen molar-refractivity contribution < 1.29 is 4.79 Å². The lowest BCUT2D eigenvalue weighted by molar-refractivity contribution is 0.246. The van der Waals surface area contributed by atoms with Gasteiger partial charge in [-0.15, -0.1) is 0 Å². The van der Waals surface area contributed by atoms with Gasteiger partial charge in [-0.3, -0.25) is 0 Å². The van der Waals surface area contributed by atoms with Gasteiger partial charge in [0.1, 0.15) is 5.82 Å². The number of nitrogens with one attached hydrogen (secondary N) is 3. The summed E-state index contributed by atoms with van der Waals surface area (Å²) in [6.07, 6.45) is 5.25. The molecular formula is C27H35N5O. The van der Waals surface area contributed by atoms with Gasteiger partial charge in [0.05, 0.1) is 5.52 Å². The Morgan fingerprint density at radius 2 is 1.76 bits per heavy atom. The molecule has 174 valence electrons. The molecule has 0 radical (unpaired) electrons. The van der Waals surface area contributed by atoms with Gasteiger partial charge in [0.25, 0.3) is 0 Å². The number of fused-ring (bicyclic) bond motifs is 1. The van der Waals surface area contributed by atoms with E-state index in [0.717, 1.165) is 54.7 Å². The number of anilines is 3. The van der Waals surface area contributed by atoms with Crippen molar-refractivity contribution in [3.05, 3.63) is 60.2 Å². The van der Waals surface area contributed by atoms with Gasteiger partial charge >= 0.3 is 6.03 Å². The van der Waals surface area contributed by atoms with E-state index in [9.17, 15) is 4.79 Å². The van der Waals surface area contributed by atoms with E-state index in [0.29, 0.717) is 18.5 Å². The molecule has 2 aromatic carbocycles. The van der Waals surface area contributed by atoms with Crippen LogP contribution in [0.2, 0.25) is 0 Å². The molecule has 33 heavy (non-hydrogen) atoms. The van der Waals surface area contributed by atoms with Crippen LogP contribution in [0.15, 0.2) is 54.6 Å². The zero-order valence-corrected chi connectivity index (χ0v) is 19.9. The molecule has 0 atom stereocenters. The van der Waals surface area contributed by atoms with Gasteiger partial charge < -0.3 is 20.9 Å². The third kappa shape index (κ3) is 5.75. The van der Waals surface area contributed by atoms with Gasteiger partial charge in [0.2, 0.25) is 0 Å². The number of aromatic nitrogens is 1. The summed E-state index contributed by atoms with van der Waals surface area (Å²) in [5, 5.41) is 10.9. The van der Waals surface area contributed by atoms with E-state index < -0.39 is 0 Å². The Bertz CT molecular complexity index is 1090. The molecule has 0 bridgehead atoms. The van der Waals surface area contributed by atoms with Crippen molar-refractivity contribution in [2.24, 2.45) is 5.92 Å². The van der Waals surface area contributed by atoms with Crippen molar-refractivity contribution in [1.82, 2.24) is 10.3 Å². The van der Waals surface area contributed by atoms with Gasteiger partial charge in [-0.05, 0) is 55.7 Å². The summed E-state index contributed by atoms with van der Waals surface area (Å²) in [6, 6.07) is 18.7. The Balaban J connectivity index is 1.27. The minimum absolute atomic E-state index is 0.118. The molecule has 1 aliphatic rings. The predicted octanol–water partition coefficient (Wildman–Crippen LogP) is 5.66. The number of aryl methyl sites for hydroxylation is 1. The number of carbonyl (C=O) groups excluding carboxylic acids is 1. The first-order valence-corrected chi connectivity index (χ1v) is 12.0. The highest BCUT2D eigenvalue weighted by atomic mass is 16.2. The van der Waals surface area contributed by atoms with Gasteiger partial charge in [0.15, 0.2) is 0 Å². The fourth-order valence-electron chi connectivity index (χ4n) is 4.68. The van der Waals surface area contributed by atoms with Crippen LogP contribution in [0.4, 0.5) is 22.0 Å². The molecular weight excluding hydrogens is 410 g/mol. The molecule has 0 aliphatic heterocycles. The Hall–Kier alpha value is -3.28. The predicted molar refractivity (Wildman–Crippen MR) is 138 cm³/mol. The Labute approximate surface area is 196 Å². The Kier molecular flexibility index (Phi) is 7.33. The quantitative estimate of drug-likeness (QED) is 0.439. The molecule has 6 nitrogen and oxygen atoms in total. The van der Waals surface area contributed by atoms with E-state index >= 15 is 0 Å². The molecule has 6 heteroatoms. The van der Waals surface area contributed by atoms with E-state index in [1.807, 2.05) is 24.3 Å². The fourth-order valence-corrected chi connectivity index (χ4v) is 4.68. The Morgan fingerprint density at radius 1 is 1.03 bits per heavy atom. The van der Waals surface area contributed by atoms with Crippen LogP contribution in [-0.4, -0.2) is 37.7 Å². The molecule has 1 aliphatic carbocycles. The molecule has 1 saturated carbocycles. The highest BCUT2D eigenvalue weighted by molar-refractivity contribution is 5.93. The van der Waals surface area contributed by atoms with Crippen molar-refractivity contribution in [1.29, 1.82) is 0 Å². The maximum atomic E-state index is 12.4. The number of hydrogen-bond donors (Lipinski definition) is 3. The zero-order chi connectivity index (χ0) is 23.2. The number of para-hydroxylation sites is 2. The number of benzene rings is 2. The van der Waals surface area contributed by atoms with Crippen LogP contribution in [0.3, 0.4) is 0 Å². The SMILES string of the molecule is CCc1ccccc1NC(=O)NCC1CCC(Nc2cc(N(C)C)c3ccccc3n2)CC1. The number of hydrogen-bond acceptors (Lipinski definition) is 4. The first kappa shape index (κ1) is 22.9. The molecule has 3 aromatic rings. The minimum Gasteiger partial charge on any atom is -0.377 e. The fraction of sp³-hybridized carbons (Fsp3) is 0.407. The van der Waals surface area contributed by atoms with E-state index in [1.165, 1.54) is 11.1 Å². The number of urea groups is 1. The van der Waals surface area contributed by atoms with Crippen LogP contribution in [0, 0.1) is 5.92 Å². The number of carbonyl (C=O) groups is 1. The molecule has 1 heterocycles. The van der Waals surface area contributed by atoms with Crippen molar-refractivity contribution >= 4 is 34.1 Å². The van der Waals surface area contributed by atoms with Gasteiger partial charge in [0, 0.05) is 49.5 Å². The second-order valence-electron chi connectivity index (χ2n) is 9.15. The van der Waals surface area contributed by atoms with Crippen molar-refractivity contribution in [3.8, 4) is 0 Å². The average molecular weight is 446 g/mol. The van der Waals surface area contributed by atoms with Crippen molar-refractivity contribution in [2.75, 3.05) is 36.2 Å². The topological polar surface area (TPSA) is 69.3 Å². The summed E-state index contributed by atoms with van der Waals surface area (Å²) in [5.74, 6) is 1.45. The summed E-state index contributed by atoms with van der Waals surface area (Å²) >= 11 is 0. The highest BCUT2D eigenvalue weighted by Crippen LogP contribution is 2.30. The van der Waals surface area contributed by atoms with Gasteiger partial charge in [-0.25, -0.2) is 9.78 Å². The maximum absolute atomic E-state index is 12.4. The van der Waals surface area contributed by atoms with E-state index in [1.54, 1.807) is 0 Å². The molecule has 0 saturated heterocycles. The molecule has 1 fully saturated rings. The zero-order valence-electron chi connectivity index (χ0n) is 19.9. The summed E-state index contributed by atoms with van der Waals surface area (Å²) < 4.78 is 0. The van der Waals surface area contributed by atoms with Crippen LogP contribution in [0.5, 0.6) is 0 Å². The van der Waals surface area contributed by atoms with Crippen LogP contribution >= 0.6 is 0 Å². The third-order valence-corrected chi connectivity index (χ3v) is 6.57. The van der Waals surface area contributed by atoms with Crippen LogP contribution in [-0.2, 0) is 6.42 Å². The average Bonchev–Trinajstić information content (AvgIpc) is 2.83. The molecule has 3 N–H and O–H groups in total. The molecule has 1 aromatic heterocycles. The lowest BCUT2D eigenvalue weighted by Crippen LogP contribution is -2.36. The number of pyridine rings is 1. The first-order valence-electron chi connectivity index (χ1n) is 12.0. The minimum atomic E-state index is -0.118. The first-order chi connectivity index (χ1) is 16.0. The highest BCUT2D eigenvalue weighted by Gasteiger charge is 2.22.